The molecule has 2 rings (SSSR count). The summed E-state index contributed by atoms with van der Waals surface area (Å²) in [5.74, 6) is 0.141. The van der Waals surface area contributed by atoms with E-state index in [1.54, 1.807) is 4.90 Å². The number of ether oxygens (including phenoxy) is 2. The lowest BCUT2D eigenvalue weighted by Gasteiger charge is -2.23. The van der Waals surface area contributed by atoms with Crippen LogP contribution >= 0.6 is 11.8 Å². The molecule has 1 N–H and O–H groups in total. The van der Waals surface area contributed by atoms with Crippen molar-refractivity contribution in [3.63, 3.8) is 0 Å². The zero-order valence-electron chi connectivity index (χ0n) is 14.0. The Morgan fingerprint density at radius 1 is 1.33 bits per heavy atom. The number of hydrogen-bond donors (Lipinski definition) is 1. The first-order chi connectivity index (χ1) is 11.5. The summed E-state index contributed by atoms with van der Waals surface area (Å²) < 4.78 is 10.4. The lowest BCUT2D eigenvalue weighted by molar-refractivity contribution is -0.151. The van der Waals surface area contributed by atoms with Crippen molar-refractivity contribution in [2.75, 3.05) is 39.2 Å². The quantitative estimate of drug-likeness (QED) is 0.722. The minimum absolute atomic E-state index is 0.0480. The summed E-state index contributed by atoms with van der Waals surface area (Å²) >= 11 is 1.44. The van der Waals surface area contributed by atoms with Crippen LogP contribution < -0.4 is 4.74 Å². The van der Waals surface area contributed by atoms with Crippen LogP contribution in [0.15, 0.2) is 29.2 Å². The van der Waals surface area contributed by atoms with E-state index < -0.39 is 11.4 Å². The summed E-state index contributed by atoms with van der Waals surface area (Å²) in [6.45, 7) is 3.33. The predicted octanol–water partition coefficient (Wildman–Crippen LogP) is 2.13. The van der Waals surface area contributed by atoms with Gasteiger partial charge in [0.2, 0.25) is 5.91 Å². The highest BCUT2D eigenvalue weighted by Crippen LogP contribution is 2.32. The number of benzene rings is 1. The Kier molecular flexibility index (Phi) is 6.51. The average molecular weight is 353 g/mol. The third-order valence-electron chi connectivity index (χ3n) is 4.08. The van der Waals surface area contributed by atoms with Crippen molar-refractivity contribution in [3.8, 4) is 5.75 Å². The van der Waals surface area contributed by atoms with Gasteiger partial charge in [-0.3, -0.25) is 9.59 Å². The second-order valence-electron chi connectivity index (χ2n) is 5.78. The van der Waals surface area contributed by atoms with Crippen LogP contribution in [0.25, 0.3) is 0 Å². The molecular weight excluding hydrogens is 330 g/mol. The van der Waals surface area contributed by atoms with Crippen LogP contribution in [0.3, 0.4) is 0 Å². The van der Waals surface area contributed by atoms with Gasteiger partial charge in [0.25, 0.3) is 0 Å². The van der Waals surface area contributed by atoms with Crippen molar-refractivity contribution in [1.29, 1.82) is 0 Å². The molecule has 1 aliphatic rings. The number of carboxylic acid groups (broad SMARTS) is 1. The first kappa shape index (κ1) is 18.6. The van der Waals surface area contributed by atoms with Gasteiger partial charge < -0.3 is 19.5 Å². The van der Waals surface area contributed by atoms with E-state index >= 15 is 0 Å². The maximum absolute atomic E-state index is 12.3. The highest BCUT2D eigenvalue weighted by atomic mass is 32.2. The van der Waals surface area contributed by atoms with Crippen LogP contribution in [0.1, 0.15) is 13.3 Å². The van der Waals surface area contributed by atoms with Crippen LogP contribution in [0.2, 0.25) is 0 Å². The number of likely N-dealkylation sites (tertiary alicyclic amines) is 1. The van der Waals surface area contributed by atoms with Crippen molar-refractivity contribution in [1.82, 2.24) is 4.90 Å². The van der Waals surface area contributed by atoms with Gasteiger partial charge in [-0.15, -0.1) is 11.8 Å². The van der Waals surface area contributed by atoms with E-state index in [0.29, 0.717) is 19.6 Å². The van der Waals surface area contributed by atoms with E-state index in [0.717, 1.165) is 10.6 Å². The number of rotatable bonds is 8. The minimum Gasteiger partial charge on any atom is -0.494 e. The molecule has 24 heavy (non-hydrogen) atoms. The normalized spacial score (nSPS) is 20.2. The van der Waals surface area contributed by atoms with Gasteiger partial charge in [-0.1, -0.05) is 0 Å². The molecule has 6 nitrogen and oxygen atoms in total. The van der Waals surface area contributed by atoms with Crippen LogP contribution in [0.4, 0.5) is 0 Å². The fourth-order valence-electron chi connectivity index (χ4n) is 2.75. The first-order valence-electron chi connectivity index (χ1n) is 7.86. The fourth-order valence-corrected chi connectivity index (χ4v) is 3.55. The van der Waals surface area contributed by atoms with Crippen molar-refractivity contribution < 1.29 is 24.2 Å². The number of amides is 1. The van der Waals surface area contributed by atoms with Gasteiger partial charge in [0.15, 0.2) is 0 Å². The van der Waals surface area contributed by atoms with Crippen LogP contribution in [-0.4, -0.2) is 61.0 Å². The molecule has 1 unspecified atom stereocenters. The van der Waals surface area contributed by atoms with E-state index in [1.807, 2.05) is 31.2 Å². The highest BCUT2D eigenvalue weighted by Gasteiger charge is 2.46. The molecular formula is C17H23NO5S. The fraction of sp³-hybridized carbons (Fsp3) is 0.529. The van der Waals surface area contributed by atoms with Gasteiger partial charge >= 0.3 is 5.97 Å². The Morgan fingerprint density at radius 3 is 2.62 bits per heavy atom. The van der Waals surface area contributed by atoms with Gasteiger partial charge in [0.05, 0.1) is 19.0 Å². The number of carbonyl (C=O) groups excluding carboxylic acids is 1. The Morgan fingerprint density at radius 2 is 2.04 bits per heavy atom. The van der Waals surface area contributed by atoms with E-state index in [1.165, 1.54) is 18.9 Å². The lowest BCUT2D eigenvalue weighted by atomic mass is 9.88. The summed E-state index contributed by atoms with van der Waals surface area (Å²) in [6.07, 6.45) is 0.426. The van der Waals surface area contributed by atoms with Crippen molar-refractivity contribution in [2.24, 2.45) is 5.41 Å². The Bertz CT molecular complexity index is 577. The van der Waals surface area contributed by atoms with Crippen LogP contribution in [-0.2, 0) is 14.3 Å². The van der Waals surface area contributed by atoms with Gasteiger partial charge in [0.1, 0.15) is 11.2 Å². The topological polar surface area (TPSA) is 76.1 Å². The highest BCUT2D eigenvalue weighted by molar-refractivity contribution is 8.00. The molecule has 0 bridgehead atoms. The predicted molar refractivity (Wildman–Crippen MR) is 91.5 cm³/mol. The molecule has 1 fully saturated rings. The molecule has 0 radical (unpaired) electrons. The van der Waals surface area contributed by atoms with Crippen LogP contribution in [0.5, 0.6) is 5.75 Å². The molecule has 1 atom stereocenters. The van der Waals surface area contributed by atoms with Gasteiger partial charge in [0, 0.05) is 25.1 Å². The number of carboxylic acids is 1. The molecule has 0 saturated carbocycles. The molecule has 7 heteroatoms. The largest absolute Gasteiger partial charge is 0.494 e. The summed E-state index contributed by atoms with van der Waals surface area (Å²) in [4.78, 5) is 26.5. The van der Waals surface area contributed by atoms with Crippen molar-refractivity contribution >= 4 is 23.6 Å². The van der Waals surface area contributed by atoms with Crippen molar-refractivity contribution in [2.45, 2.75) is 18.2 Å². The van der Waals surface area contributed by atoms with Gasteiger partial charge in [-0.25, -0.2) is 0 Å². The van der Waals surface area contributed by atoms with Gasteiger partial charge in [-0.2, -0.15) is 0 Å². The standard InChI is InChI=1S/C17H23NO5S/c1-3-23-13-4-6-14(7-5-13)24-10-15(19)18-9-8-17(11-18,12-22-2)16(20)21/h4-7H,3,8-12H2,1-2H3,(H,20,21). The number of methoxy groups -OCH3 is 1. The number of nitrogens with zero attached hydrogens (tertiary/aromatic N) is 1. The molecule has 1 aromatic carbocycles. The first-order valence-corrected chi connectivity index (χ1v) is 8.85. The Balaban J connectivity index is 1.88. The molecule has 1 heterocycles. The number of aliphatic carboxylic acids is 1. The van der Waals surface area contributed by atoms with Gasteiger partial charge in [-0.05, 0) is 37.6 Å². The third kappa shape index (κ3) is 4.42. The third-order valence-corrected chi connectivity index (χ3v) is 5.07. The summed E-state index contributed by atoms with van der Waals surface area (Å²) in [5.41, 5.74) is -0.978. The SMILES string of the molecule is CCOc1ccc(SCC(=O)N2CCC(COC)(C(=O)O)C2)cc1. The van der Waals surface area contributed by atoms with E-state index in [4.69, 9.17) is 9.47 Å². The van der Waals surface area contributed by atoms with E-state index in [9.17, 15) is 14.7 Å². The van der Waals surface area contributed by atoms with Crippen LogP contribution in [0, 0.1) is 5.41 Å². The Labute approximate surface area is 146 Å². The molecule has 1 aromatic rings. The molecule has 132 valence electrons. The smallest absolute Gasteiger partial charge is 0.313 e. The summed E-state index contributed by atoms with van der Waals surface area (Å²) in [6, 6.07) is 7.58. The minimum atomic E-state index is -0.978. The van der Waals surface area contributed by atoms with E-state index in [2.05, 4.69) is 0 Å². The summed E-state index contributed by atoms with van der Waals surface area (Å²) in [7, 11) is 1.48. The monoisotopic (exact) mass is 353 g/mol. The van der Waals surface area contributed by atoms with Crippen molar-refractivity contribution in [3.05, 3.63) is 24.3 Å². The lowest BCUT2D eigenvalue weighted by Crippen LogP contribution is -2.40. The zero-order chi connectivity index (χ0) is 17.6. The maximum Gasteiger partial charge on any atom is 0.313 e. The zero-order valence-corrected chi connectivity index (χ0v) is 14.8. The number of carbonyl (C=O) groups is 2. The molecule has 0 aromatic heterocycles. The van der Waals surface area contributed by atoms with E-state index in [-0.39, 0.29) is 24.8 Å². The molecule has 1 amide bonds. The molecule has 0 aliphatic carbocycles. The number of thioether (sulfide) groups is 1. The average Bonchev–Trinajstić information content (AvgIpc) is 3.00. The Hall–Kier alpha value is -1.73. The maximum atomic E-state index is 12.3. The second kappa shape index (κ2) is 8.39. The molecule has 1 aliphatic heterocycles. The number of hydrogen-bond acceptors (Lipinski definition) is 5. The summed E-state index contributed by atoms with van der Waals surface area (Å²) in [5, 5.41) is 9.44. The molecule has 1 saturated heterocycles. The molecule has 0 spiro atoms. The second-order valence-corrected chi connectivity index (χ2v) is 6.83.